The molecule has 0 bridgehead atoms. The highest BCUT2D eigenvalue weighted by atomic mass is 79.9. The van der Waals surface area contributed by atoms with Crippen molar-refractivity contribution in [3.8, 4) is 0 Å². The van der Waals surface area contributed by atoms with Gasteiger partial charge in [0.2, 0.25) is 5.91 Å². The van der Waals surface area contributed by atoms with Gasteiger partial charge in [-0.15, -0.1) is 11.8 Å². The molecule has 0 saturated carbocycles. The first-order valence-electron chi connectivity index (χ1n) is 10.6. The zero-order chi connectivity index (χ0) is 20.9. The van der Waals surface area contributed by atoms with Crippen molar-refractivity contribution in [1.82, 2.24) is 4.90 Å². The summed E-state index contributed by atoms with van der Waals surface area (Å²) in [5.41, 5.74) is 1.61. The highest BCUT2D eigenvalue weighted by Crippen LogP contribution is 2.39. The minimum absolute atomic E-state index is 0.278. The molecule has 29 heavy (non-hydrogen) atoms. The Morgan fingerprint density at radius 1 is 1.07 bits per heavy atom. The van der Waals surface area contributed by atoms with Crippen molar-refractivity contribution >= 4 is 33.6 Å². The Balaban J connectivity index is 1.67. The Labute approximate surface area is 188 Å². The van der Waals surface area contributed by atoms with Crippen LogP contribution >= 0.6 is 27.7 Å². The lowest BCUT2D eigenvalue weighted by molar-refractivity contribution is -0.130. The number of carbonyl (C=O) groups is 1. The molecule has 2 aromatic carbocycles. The van der Waals surface area contributed by atoms with E-state index >= 15 is 0 Å². The summed E-state index contributed by atoms with van der Waals surface area (Å²) >= 11 is 5.41. The van der Waals surface area contributed by atoms with Gasteiger partial charge in [-0.1, -0.05) is 67.0 Å². The molecule has 0 aromatic heterocycles. The molecule has 2 atom stereocenters. The lowest BCUT2D eigenvalue weighted by Gasteiger charge is -2.30. The fourth-order valence-corrected chi connectivity index (χ4v) is 5.45. The van der Waals surface area contributed by atoms with E-state index in [1.54, 1.807) is 0 Å². The van der Waals surface area contributed by atoms with E-state index in [0.717, 1.165) is 36.8 Å². The molecule has 0 unspecified atom stereocenters. The largest absolute Gasteiger partial charge is 0.343 e. The zero-order valence-corrected chi connectivity index (χ0v) is 20.1. The van der Waals surface area contributed by atoms with E-state index in [4.69, 9.17) is 0 Å². The van der Waals surface area contributed by atoms with E-state index in [9.17, 15) is 4.79 Å². The molecule has 0 radical (unpaired) electrons. The van der Waals surface area contributed by atoms with Crippen LogP contribution in [0.4, 0.5) is 0 Å². The summed E-state index contributed by atoms with van der Waals surface area (Å²) in [4.78, 5) is 16.1. The Kier molecular flexibility index (Phi) is 7.86. The number of carbonyl (C=O) groups excluding carboxylic acids is 1. The predicted molar refractivity (Wildman–Crippen MR) is 127 cm³/mol. The molecular weight excluding hydrogens is 442 g/mol. The number of nitrogens with zero attached hydrogens (tertiary/aromatic N) is 1. The summed E-state index contributed by atoms with van der Waals surface area (Å²) in [6.07, 6.45) is 3.80. The molecule has 2 nitrogen and oxygen atoms in total. The molecule has 1 heterocycles. The second-order valence-corrected chi connectivity index (χ2v) is 11.2. The van der Waals surface area contributed by atoms with Gasteiger partial charge in [-0.3, -0.25) is 4.79 Å². The van der Waals surface area contributed by atoms with Crippen LogP contribution in [-0.4, -0.2) is 23.9 Å². The van der Waals surface area contributed by atoms with Crippen molar-refractivity contribution in [1.29, 1.82) is 0 Å². The zero-order valence-electron chi connectivity index (χ0n) is 17.7. The van der Waals surface area contributed by atoms with Crippen LogP contribution in [0.5, 0.6) is 0 Å². The molecule has 1 saturated heterocycles. The van der Waals surface area contributed by atoms with Crippen LogP contribution in [0.3, 0.4) is 0 Å². The summed E-state index contributed by atoms with van der Waals surface area (Å²) in [5.74, 6) is 0.954. The van der Waals surface area contributed by atoms with Crippen molar-refractivity contribution < 1.29 is 4.79 Å². The molecule has 2 aromatic rings. The van der Waals surface area contributed by atoms with Gasteiger partial charge in [-0.25, -0.2) is 0 Å². The number of likely N-dealkylation sites (tertiary alicyclic amines) is 1. The van der Waals surface area contributed by atoms with Crippen LogP contribution in [0.15, 0.2) is 64.0 Å². The molecule has 4 heteroatoms. The van der Waals surface area contributed by atoms with Crippen LogP contribution in [0, 0.1) is 11.3 Å². The summed E-state index contributed by atoms with van der Waals surface area (Å²) in [7, 11) is 0. The molecule has 1 fully saturated rings. The van der Waals surface area contributed by atoms with Gasteiger partial charge < -0.3 is 4.90 Å². The third-order valence-corrected chi connectivity index (χ3v) is 7.82. The van der Waals surface area contributed by atoms with Gasteiger partial charge in [0, 0.05) is 34.1 Å². The summed E-state index contributed by atoms with van der Waals surface area (Å²) in [5, 5.41) is 0.340. The fraction of sp³-hybridized carbons (Fsp3) is 0.480. The Hall–Kier alpha value is -1.26. The number of hydrogen-bond donors (Lipinski definition) is 0. The normalized spacial score (nSPS) is 19.1. The summed E-state index contributed by atoms with van der Waals surface area (Å²) in [6.45, 7) is 8.64. The number of halogens is 1. The van der Waals surface area contributed by atoms with E-state index in [-0.39, 0.29) is 5.41 Å². The molecule has 1 aliphatic rings. The third kappa shape index (κ3) is 6.62. The monoisotopic (exact) mass is 473 g/mol. The van der Waals surface area contributed by atoms with Crippen LogP contribution in [0.1, 0.15) is 57.3 Å². The average Bonchev–Trinajstić information content (AvgIpc) is 2.89. The van der Waals surface area contributed by atoms with Gasteiger partial charge in [-0.05, 0) is 60.4 Å². The van der Waals surface area contributed by atoms with Crippen molar-refractivity contribution in [3.63, 3.8) is 0 Å². The van der Waals surface area contributed by atoms with E-state index < -0.39 is 0 Å². The van der Waals surface area contributed by atoms with Crippen LogP contribution < -0.4 is 0 Å². The minimum Gasteiger partial charge on any atom is -0.343 e. The maximum atomic E-state index is 12.7. The molecule has 0 N–H and O–H groups in total. The molecule has 1 amide bonds. The van der Waals surface area contributed by atoms with Crippen molar-refractivity contribution in [2.45, 2.75) is 56.6 Å². The molecule has 3 rings (SSSR count). The second kappa shape index (κ2) is 10.2. The third-order valence-electron chi connectivity index (χ3n) is 5.96. The lowest BCUT2D eigenvalue weighted by Crippen LogP contribution is -2.32. The molecular formula is C25H32BrNOS. The molecule has 1 aliphatic heterocycles. The first-order chi connectivity index (χ1) is 13.8. The van der Waals surface area contributed by atoms with Crippen molar-refractivity contribution in [2.75, 3.05) is 13.1 Å². The number of amides is 1. The number of rotatable bonds is 6. The van der Waals surface area contributed by atoms with Crippen molar-refractivity contribution in [3.05, 3.63) is 64.6 Å². The first kappa shape index (κ1) is 22.4. The average molecular weight is 475 g/mol. The topological polar surface area (TPSA) is 20.3 Å². The highest BCUT2D eigenvalue weighted by Gasteiger charge is 2.30. The first-order valence-corrected chi connectivity index (χ1v) is 12.2. The summed E-state index contributed by atoms with van der Waals surface area (Å²) in [6, 6.07) is 19.2. The fourth-order valence-electron chi connectivity index (χ4n) is 4.05. The van der Waals surface area contributed by atoms with Gasteiger partial charge in [-0.2, -0.15) is 0 Å². The van der Waals surface area contributed by atoms with Crippen LogP contribution in [0.25, 0.3) is 0 Å². The standard InChI is InChI=1S/C25H32BrNOS/c1-25(2,3)20-9-14-24(28)27(17-15-20)18-16-23(19-7-5-4-6-8-19)29-22-12-10-21(26)11-13-22/h4-8,10-13,20,23H,9,14-18H2,1-3H3/t20-,23+/m1/s1. The maximum absolute atomic E-state index is 12.7. The number of thioether (sulfide) groups is 1. The quantitative estimate of drug-likeness (QED) is 0.408. The smallest absolute Gasteiger partial charge is 0.222 e. The van der Waals surface area contributed by atoms with Crippen LogP contribution in [-0.2, 0) is 4.79 Å². The SMILES string of the molecule is CC(C)(C)[C@@H]1CCC(=O)N(CC[C@H](Sc2ccc(Br)cc2)c2ccccc2)CC1. The second-order valence-electron chi connectivity index (χ2n) is 9.03. The van der Waals surface area contributed by atoms with E-state index in [0.29, 0.717) is 23.5 Å². The maximum Gasteiger partial charge on any atom is 0.222 e. The van der Waals surface area contributed by atoms with Gasteiger partial charge in [0.1, 0.15) is 0 Å². The highest BCUT2D eigenvalue weighted by molar-refractivity contribution is 9.10. The van der Waals surface area contributed by atoms with E-state index in [1.165, 1.54) is 10.5 Å². The van der Waals surface area contributed by atoms with Gasteiger partial charge in [0.15, 0.2) is 0 Å². The minimum atomic E-state index is 0.278. The van der Waals surface area contributed by atoms with E-state index in [2.05, 4.69) is 96.2 Å². The number of hydrogen-bond acceptors (Lipinski definition) is 2. The Bertz CT molecular complexity index is 785. The van der Waals surface area contributed by atoms with Gasteiger partial charge in [0.05, 0.1) is 0 Å². The Morgan fingerprint density at radius 3 is 2.41 bits per heavy atom. The molecule has 0 aliphatic carbocycles. The van der Waals surface area contributed by atoms with E-state index in [1.807, 2.05) is 11.8 Å². The predicted octanol–water partition coefficient (Wildman–Crippen LogP) is 7.35. The van der Waals surface area contributed by atoms with Gasteiger partial charge >= 0.3 is 0 Å². The molecule has 0 spiro atoms. The summed E-state index contributed by atoms with van der Waals surface area (Å²) < 4.78 is 1.10. The molecule has 156 valence electrons. The Morgan fingerprint density at radius 2 is 1.76 bits per heavy atom. The number of benzene rings is 2. The van der Waals surface area contributed by atoms with Crippen LogP contribution in [0.2, 0.25) is 0 Å². The van der Waals surface area contributed by atoms with Gasteiger partial charge in [0.25, 0.3) is 0 Å². The van der Waals surface area contributed by atoms with Crippen molar-refractivity contribution in [2.24, 2.45) is 11.3 Å². The lowest BCUT2D eigenvalue weighted by atomic mass is 9.77.